The Morgan fingerprint density at radius 2 is 2.06 bits per heavy atom. The van der Waals surface area contributed by atoms with E-state index in [1.807, 2.05) is 24.3 Å². The number of hydrogen-bond acceptors (Lipinski definition) is 3. The van der Waals surface area contributed by atoms with E-state index in [9.17, 15) is 8.78 Å². The lowest BCUT2D eigenvalue weighted by Crippen LogP contribution is -2.37. The van der Waals surface area contributed by atoms with E-state index in [1.54, 1.807) is 11.3 Å². The van der Waals surface area contributed by atoms with Gasteiger partial charge in [0.2, 0.25) is 5.92 Å². The quantitative estimate of drug-likeness (QED) is 0.800. The Kier molecular flexibility index (Phi) is 2.40. The second-order valence-electron chi connectivity index (χ2n) is 3.95. The van der Waals surface area contributed by atoms with E-state index in [0.29, 0.717) is 0 Å². The summed E-state index contributed by atoms with van der Waals surface area (Å²) in [6.45, 7) is 0. The van der Waals surface area contributed by atoms with Gasteiger partial charge in [-0.05, 0) is 12.1 Å². The van der Waals surface area contributed by atoms with Crippen LogP contribution in [0.25, 0.3) is 10.2 Å². The molecule has 0 N–H and O–H groups in total. The molecule has 1 aromatic heterocycles. The van der Waals surface area contributed by atoms with Crippen LogP contribution in [0, 0.1) is 0 Å². The molecule has 2 aromatic rings. The number of alkyl halides is 2. The van der Waals surface area contributed by atoms with E-state index in [2.05, 4.69) is 4.98 Å². The van der Waals surface area contributed by atoms with Crippen molar-refractivity contribution in [2.24, 2.45) is 0 Å². The summed E-state index contributed by atoms with van der Waals surface area (Å²) in [5.41, 5.74) is 0.959. The molecule has 0 unspecified atom stereocenters. The minimum absolute atomic E-state index is 0.00636. The zero-order valence-electron chi connectivity index (χ0n) is 8.32. The van der Waals surface area contributed by atoms with Crippen molar-refractivity contribution in [1.29, 1.82) is 0 Å². The monoisotopic (exact) mass is 257 g/mol. The van der Waals surface area contributed by atoms with Gasteiger partial charge in [0.15, 0.2) is 4.34 Å². The standard InChI is InChI=1S/C11H9F2NS2/c12-11(13)5-7(6-11)15-10-14-8-3-1-2-4-9(8)16-10/h1-4,7H,5-6H2. The maximum absolute atomic E-state index is 12.7. The highest BCUT2D eigenvalue weighted by Gasteiger charge is 2.46. The number of halogens is 2. The van der Waals surface area contributed by atoms with Crippen molar-refractivity contribution < 1.29 is 8.78 Å². The number of thiazole rings is 1. The van der Waals surface area contributed by atoms with E-state index in [1.165, 1.54) is 11.8 Å². The molecule has 5 heteroatoms. The minimum atomic E-state index is -2.44. The molecule has 0 saturated heterocycles. The van der Waals surface area contributed by atoms with Gasteiger partial charge < -0.3 is 0 Å². The Bertz CT molecular complexity index is 482. The van der Waals surface area contributed by atoms with E-state index in [4.69, 9.17) is 0 Å². The lowest BCUT2D eigenvalue weighted by atomic mass is 9.94. The molecule has 0 aliphatic heterocycles. The van der Waals surface area contributed by atoms with Gasteiger partial charge in [-0.1, -0.05) is 23.9 Å². The highest BCUT2D eigenvalue weighted by atomic mass is 32.2. The van der Waals surface area contributed by atoms with Crippen LogP contribution in [0.3, 0.4) is 0 Å². The number of hydrogen-bond donors (Lipinski definition) is 0. The normalized spacial score (nSPS) is 19.9. The van der Waals surface area contributed by atoms with Gasteiger partial charge in [0.25, 0.3) is 0 Å². The third-order valence-corrected chi connectivity index (χ3v) is 4.92. The fourth-order valence-corrected chi connectivity index (χ4v) is 4.39. The fraction of sp³-hybridized carbons (Fsp3) is 0.364. The summed E-state index contributed by atoms with van der Waals surface area (Å²) in [4.78, 5) is 4.42. The molecular weight excluding hydrogens is 248 g/mol. The van der Waals surface area contributed by atoms with E-state index >= 15 is 0 Å². The van der Waals surface area contributed by atoms with Crippen LogP contribution in [0.4, 0.5) is 8.78 Å². The van der Waals surface area contributed by atoms with Crippen molar-refractivity contribution in [2.75, 3.05) is 0 Å². The molecule has 0 spiro atoms. The van der Waals surface area contributed by atoms with Gasteiger partial charge in [0.05, 0.1) is 10.2 Å². The number of fused-ring (bicyclic) bond motifs is 1. The lowest BCUT2D eigenvalue weighted by Gasteiger charge is -2.33. The van der Waals surface area contributed by atoms with E-state index in [-0.39, 0.29) is 18.1 Å². The zero-order valence-corrected chi connectivity index (χ0v) is 9.95. The Morgan fingerprint density at radius 1 is 1.31 bits per heavy atom. The van der Waals surface area contributed by atoms with Gasteiger partial charge in [-0.15, -0.1) is 11.3 Å². The largest absolute Gasteiger partial charge is 0.250 e. The van der Waals surface area contributed by atoms with Crippen molar-refractivity contribution in [3.05, 3.63) is 24.3 Å². The van der Waals surface area contributed by atoms with Crippen molar-refractivity contribution in [3.8, 4) is 0 Å². The molecule has 84 valence electrons. The van der Waals surface area contributed by atoms with Crippen LogP contribution in [0.2, 0.25) is 0 Å². The molecule has 1 heterocycles. The van der Waals surface area contributed by atoms with Crippen molar-refractivity contribution >= 4 is 33.3 Å². The van der Waals surface area contributed by atoms with Gasteiger partial charge in [-0.2, -0.15) is 0 Å². The number of rotatable bonds is 2. The molecule has 1 nitrogen and oxygen atoms in total. The first-order chi connectivity index (χ1) is 7.62. The predicted octanol–water partition coefficient (Wildman–Crippen LogP) is 4.19. The van der Waals surface area contributed by atoms with Crippen LogP contribution in [-0.4, -0.2) is 16.2 Å². The molecule has 1 aliphatic rings. The Labute approximate surface area is 99.9 Å². The molecule has 1 saturated carbocycles. The molecule has 0 bridgehead atoms. The van der Waals surface area contributed by atoms with Crippen LogP contribution in [0.5, 0.6) is 0 Å². The maximum atomic E-state index is 12.7. The number of aromatic nitrogens is 1. The first-order valence-corrected chi connectivity index (χ1v) is 6.72. The Morgan fingerprint density at radius 3 is 2.75 bits per heavy atom. The molecule has 1 fully saturated rings. The third-order valence-electron chi connectivity index (χ3n) is 2.59. The first kappa shape index (κ1) is 10.5. The topological polar surface area (TPSA) is 12.9 Å². The van der Waals surface area contributed by atoms with Gasteiger partial charge in [0, 0.05) is 18.1 Å². The summed E-state index contributed by atoms with van der Waals surface area (Å²) in [5.74, 6) is -2.44. The summed E-state index contributed by atoms with van der Waals surface area (Å²) in [7, 11) is 0. The van der Waals surface area contributed by atoms with Gasteiger partial charge in [0.1, 0.15) is 0 Å². The molecule has 0 radical (unpaired) electrons. The zero-order chi connectivity index (χ0) is 11.2. The molecule has 0 amide bonds. The molecule has 0 atom stereocenters. The average molecular weight is 257 g/mol. The van der Waals surface area contributed by atoms with Gasteiger partial charge in [-0.3, -0.25) is 0 Å². The summed E-state index contributed by atoms with van der Waals surface area (Å²) in [6.07, 6.45) is -0.0127. The first-order valence-electron chi connectivity index (χ1n) is 5.02. The second kappa shape index (κ2) is 3.67. The molecule has 16 heavy (non-hydrogen) atoms. The van der Waals surface area contributed by atoms with Crippen LogP contribution in [0.1, 0.15) is 12.8 Å². The van der Waals surface area contributed by atoms with Crippen molar-refractivity contribution in [2.45, 2.75) is 28.4 Å². The second-order valence-corrected chi connectivity index (χ2v) is 6.53. The summed E-state index contributed by atoms with van der Waals surface area (Å²) < 4.78 is 27.4. The number of nitrogens with zero attached hydrogens (tertiary/aromatic N) is 1. The molecule has 1 aliphatic carbocycles. The fourth-order valence-electron chi connectivity index (χ4n) is 1.73. The van der Waals surface area contributed by atoms with Crippen molar-refractivity contribution in [3.63, 3.8) is 0 Å². The third kappa shape index (κ3) is 1.94. The summed E-state index contributed by atoms with van der Waals surface area (Å²) >= 11 is 3.07. The average Bonchev–Trinajstić information content (AvgIpc) is 2.56. The van der Waals surface area contributed by atoms with E-state index in [0.717, 1.165) is 14.6 Å². The Hall–Kier alpha value is -0.680. The van der Waals surface area contributed by atoms with Gasteiger partial charge in [-0.25, -0.2) is 13.8 Å². The van der Waals surface area contributed by atoms with Crippen molar-refractivity contribution in [1.82, 2.24) is 4.98 Å². The molecular formula is C11H9F2NS2. The van der Waals surface area contributed by atoms with Crippen LogP contribution in [0.15, 0.2) is 28.6 Å². The number of para-hydroxylation sites is 1. The predicted molar refractivity (Wildman–Crippen MR) is 63.4 cm³/mol. The molecule has 1 aromatic carbocycles. The van der Waals surface area contributed by atoms with E-state index < -0.39 is 5.92 Å². The smallest absolute Gasteiger partial charge is 0.230 e. The number of benzene rings is 1. The van der Waals surface area contributed by atoms with Gasteiger partial charge >= 0.3 is 0 Å². The minimum Gasteiger partial charge on any atom is -0.230 e. The lowest BCUT2D eigenvalue weighted by molar-refractivity contribution is -0.0666. The SMILES string of the molecule is FC1(F)CC(Sc2nc3ccccc3s2)C1. The van der Waals surface area contributed by atoms with Crippen LogP contribution >= 0.6 is 23.1 Å². The van der Waals surface area contributed by atoms with Crippen LogP contribution < -0.4 is 0 Å². The Balaban J connectivity index is 1.76. The maximum Gasteiger partial charge on any atom is 0.250 e. The highest BCUT2D eigenvalue weighted by molar-refractivity contribution is 8.01. The molecule has 3 rings (SSSR count). The summed E-state index contributed by atoms with van der Waals surface area (Å²) in [6, 6.07) is 7.86. The van der Waals surface area contributed by atoms with Crippen LogP contribution in [-0.2, 0) is 0 Å². The summed E-state index contributed by atoms with van der Waals surface area (Å²) in [5, 5.41) is 0.0376. The highest BCUT2D eigenvalue weighted by Crippen LogP contribution is 2.47. The number of thioether (sulfide) groups is 1.